The highest BCUT2D eigenvalue weighted by Crippen LogP contribution is 2.69. The minimum Gasteiger partial charge on any atom is -0.465 e. The highest BCUT2D eigenvalue weighted by Gasteiger charge is 2.87. The molecular formula is C34H39NO12. The number of esters is 5. The smallest absolute Gasteiger partial charge is 0.340 e. The molecule has 1 aliphatic heterocycles. The first-order chi connectivity index (χ1) is 22.1. The number of rotatable bonds is 8. The molecule has 0 amide bonds. The number of nitrogens with zero attached hydrogens (tertiary/aromatic N) is 1. The lowest BCUT2D eigenvalue weighted by molar-refractivity contribution is -0.348. The third-order valence-electron chi connectivity index (χ3n) is 9.57. The Labute approximate surface area is 271 Å². The van der Waals surface area contributed by atoms with E-state index in [-0.39, 0.29) is 24.0 Å². The SMILES string of the molecule is CC(=O)OC[C@@]12[C@@H](OC(C)=O)CC[C@@](C)(O)[C@]13OC(C)(C)[C@H]([C@H](OC(=O)c1ccccc1)[C@H]2OC(=O)c1cccnc1)[C@H]3OC(C)=O. The van der Waals surface area contributed by atoms with Gasteiger partial charge in [-0.1, -0.05) is 18.2 Å². The topological polar surface area (TPSA) is 174 Å². The average molecular weight is 654 g/mol. The molecular weight excluding hydrogens is 614 g/mol. The molecule has 1 aromatic heterocycles. The molecule has 13 nitrogen and oxygen atoms in total. The van der Waals surface area contributed by atoms with E-state index in [4.69, 9.17) is 28.4 Å². The van der Waals surface area contributed by atoms with Crippen molar-refractivity contribution in [1.82, 2.24) is 4.98 Å². The number of aliphatic hydroxyl groups is 1. The fraction of sp³-hybridized carbons (Fsp3) is 0.529. The van der Waals surface area contributed by atoms with E-state index in [0.717, 1.165) is 6.92 Å². The molecule has 0 radical (unpaired) electrons. The lowest BCUT2D eigenvalue weighted by Crippen LogP contribution is -2.83. The van der Waals surface area contributed by atoms with Gasteiger partial charge in [-0.3, -0.25) is 19.4 Å². The molecule has 252 valence electrons. The largest absolute Gasteiger partial charge is 0.465 e. The Bertz CT molecular complexity index is 1540. The van der Waals surface area contributed by atoms with Crippen LogP contribution in [0.1, 0.15) is 75.1 Å². The predicted octanol–water partition coefficient (Wildman–Crippen LogP) is 2.97. The second kappa shape index (κ2) is 12.3. The van der Waals surface area contributed by atoms with Crippen LogP contribution in [0.5, 0.6) is 0 Å². The van der Waals surface area contributed by atoms with Crippen LogP contribution in [0.4, 0.5) is 0 Å². The van der Waals surface area contributed by atoms with Gasteiger partial charge in [0.2, 0.25) is 0 Å². The van der Waals surface area contributed by atoms with Gasteiger partial charge >= 0.3 is 29.8 Å². The molecule has 5 rings (SSSR count). The lowest BCUT2D eigenvalue weighted by Gasteiger charge is -2.65. The Morgan fingerprint density at radius 1 is 0.830 bits per heavy atom. The highest BCUT2D eigenvalue weighted by molar-refractivity contribution is 5.90. The van der Waals surface area contributed by atoms with Gasteiger partial charge in [0.1, 0.15) is 30.3 Å². The van der Waals surface area contributed by atoms with E-state index in [9.17, 15) is 29.1 Å². The number of carbonyl (C=O) groups excluding carboxylic acids is 5. The van der Waals surface area contributed by atoms with Crippen molar-refractivity contribution in [1.29, 1.82) is 0 Å². The maximum Gasteiger partial charge on any atom is 0.340 e. The second-order valence-corrected chi connectivity index (χ2v) is 13.0. The van der Waals surface area contributed by atoms with Crippen LogP contribution in [-0.4, -0.2) is 87.8 Å². The van der Waals surface area contributed by atoms with Crippen LogP contribution in [0.3, 0.4) is 0 Å². The van der Waals surface area contributed by atoms with Gasteiger partial charge < -0.3 is 33.5 Å². The van der Waals surface area contributed by atoms with E-state index in [1.807, 2.05) is 0 Å². The first-order valence-corrected chi connectivity index (χ1v) is 15.3. The van der Waals surface area contributed by atoms with Crippen molar-refractivity contribution in [3.63, 3.8) is 0 Å². The average Bonchev–Trinajstić information content (AvgIpc) is 3.20. The summed E-state index contributed by atoms with van der Waals surface area (Å²) in [5.74, 6) is -4.97. The zero-order valence-electron chi connectivity index (χ0n) is 27.1. The molecule has 1 saturated heterocycles. The summed E-state index contributed by atoms with van der Waals surface area (Å²) in [5.41, 5.74) is -7.05. The van der Waals surface area contributed by atoms with Crippen LogP contribution >= 0.6 is 0 Å². The van der Waals surface area contributed by atoms with Crippen LogP contribution in [0.25, 0.3) is 0 Å². The third-order valence-corrected chi connectivity index (χ3v) is 9.57. The summed E-state index contributed by atoms with van der Waals surface area (Å²) in [7, 11) is 0. The summed E-state index contributed by atoms with van der Waals surface area (Å²) in [6.45, 7) is 7.67. The number of carbonyl (C=O) groups is 5. The van der Waals surface area contributed by atoms with Crippen LogP contribution in [0, 0.1) is 11.3 Å². The van der Waals surface area contributed by atoms with E-state index in [1.54, 1.807) is 32.0 Å². The van der Waals surface area contributed by atoms with Gasteiger partial charge in [0.15, 0.2) is 11.7 Å². The summed E-state index contributed by atoms with van der Waals surface area (Å²) in [6, 6.07) is 11.1. The quantitative estimate of drug-likeness (QED) is 0.326. The first-order valence-electron chi connectivity index (χ1n) is 15.3. The van der Waals surface area contributed by atoms with Crippen molar-refractivity contribution in [3.05, 3.63) is 66.0 Å². The van der Waals surface area contributed by atoms with Gasteiger partial charge in [0.25, 0.3) is 0 Å². The van der Waals surface area contributed by atoms with Crippen molar-refractivity contribution in [2.75, 3.05) is 6.61 Å². The molecule has 2 aliphatic carbocycles. The molecule has 8 atom stereocenters. The Balaban J connectivity index is 1.84. The van der Waals surface area contributed by atoms with E-state index >= 15 is 0 Å². The van der Waals surface area contributed by atoms with E-state index in [1.165, 1.54) is 57.4 Å². The number of pyridine rings is 1. The fourth-order valence-electron chi connectivity index (χ4n) is 7.92. The van der Waals surface area contributed by atoms with Crippen molar-refractivity contribution in [2.45, 2.75) is 95.6 Å². The molecule has 1 N–H and O–H groups in total. The highest BCUT2D eigenvalue weighted by atomic mass is 16.6. The van der Waals surface area contributed by atoms with Gasteiger partial charge in [-0.05, 0) is 57.9 Å². The molecule has 2 aromatic rings. The maximum absolute atomic E-state index is 13.9. The molecule has 13 heteroatoms. The van der Waals surface area contributed by atoms with Crippen molar-refractivity contribution in [3.8, 4) is 0 Å². The molecule has 2 saturated carbocycles. The molecule has 47 heavy (non-hydrogen) atoms. The molecule has 1 spiro atoms. The van der Waals surface area contributed by atoms with Gasteiger partial charge in [0, 0.05) is 33.2 Å². The number of hydrogen-bond acceptors (Lipinski definition) is 13. The van der Waals surface area contributed by atoms with Crippen LogP contribution in [0.15, 0.2) is 54.9 Å². The minimum atomic E-state index is -2.04. The second-order valence-electron chi connectivity index (χ2n) is 13.0. The Kier molecular flexibility index (Phi) is 8.93. The fourth-order valence-corrected chi connectivity index (χ4v) is 7.92. The minimum absolute atomic E-state index is 0.0167. The number of aromatic nitrogens is 1. The van der Waals surface area contributed by atoms with Crippen LogP contribution in [-0.2, 0) is 42.8 Å². The van der Waals surface area contributed by atoms with Gasteiger partial charge in [-0.2, -0.15) is 0 Å². The zero-order chi connectivity index (χ0) is 34.4. The lowest BCUT2D eigenvalue weighted by atomic mass is 9.46. The van der Waals surface area contributed by atoms with Gasteiger partial charge in [-0.25, -0.2) is 9.59 Å². The van der Waals surface area contributed by atoms with Crippen LogP contribution < -0.4 is 0 Å². The molecule has 1 aromatic carbocycles. The Morgan fingerprint density at radius 2 is 1.47 bits per heavy atom. The third kappa shape index (κ3) is 5.65. The zero-order valence-corrected chi connectivity index (χ0v) is 27.1. The molecule has 3 aliphatic rings. The summed E-state index contributed by atoms with van der Waals surface area (Å²) in [5, 5.41) is 12.4. The van der Waals surface area contributed by atoms with E-state index in [2.05, 4.69) is 4.98 Å². The summed E-state index contributed by atoms with van der Waals surface area (Å²) < 4.78 is 37.0. The number of benzene rings is 1. The number of ether oxygens (including phenoxy) is 6. The monoisotopic (exact) mass is 653 g/mol. The predicted molar refractivity (Wildman–Crippen MR) is 161 cm³/mol. The molecule has 3 fully saturated rings. The Morgan fingerprint density at radius 3 is 2.06 bits per heavy atom. The van der Waals surface area contributed by atoms with Gasteiger partial charge in [0.05, 0.1) is 28.2 Å². The molecule has 0 unspecified atom stereocenters. The number of hydrogen-bond donors (Lipinski definition) is 1. The molecule has 2 heterocycles. The Hall–Kier alpha value is -4.36. The standard InChI is InChI=1S/C34H39NO12/c1-19(36)42-18-33-24(43-20(2)37)14-15-32(6,41)34(33)27(44-21(3)38)25(31(4,5)47-34)26(45-29(39)22-11-8-7-9-12-22)28(33)46-30(40)23-13-10-16-35-17-23/h7-13,16-17,24-28,41H,14-15,18H2,1-6H3/t24-,25+,26-,27+,28+,32+,33-,34-/m0/s1. The van der Waals surface area contributed by atoms with Crippen molar-refractivity contribution < 1.29 is 57.5 Å². The maximum atomic E-state index is 13.9. The summed E-state index contributed by atoms with van der Waals surface area (Å²) in [4.78, 5) is 69.7. The normalized spacial score (nSPS) is 33.5. The summed E-state index contributed by atoms with van der Waals surface area (Å²) in [6.07, 6.45) is -2.99. The van der Waals surface area contributed by atoms with Gasteiger partial charge in [-0.15, -0.1) is 0 Å². The van der Waals surface area contributed by atoms with Crippen LogP contribution in [0.2, 0.25) is 0 Å². The van der Waals surface area contributed by atoms with Crippen molar-refractivity contribution in [2.24, 2.45) is 11.3 Å². The molecule has 2 bridgehead atoms. The summed E-state index contributed by atoms with van der Waals surface area (Å²) >= 11 is 0. The van der Waals surface area contributed by atoms with E-state index in [0.29, 0.717) is 0 Å². The number of fused-ring (bicyclic) bond motifs is 1. The van der Waals surface area contributed by atoms with E-state index < -0.39 is 89.0 Å². The van der Waals surface area contributed by atoms with Crippen molar-refractivity contribution >= 4 is 29.8 Å². The first kappa shape index (κ1) is 34.0.